The summed E-state index contributed by atoms with van der Waals surface area (Å²) < 4.78 is 27.9. The Bertz CT molecular complexity index is 1790. The third-order valence-corrected chi connectivity index (χ3v) is 9.64. The summed E-state index contributed by atoms with van der Waals surface area (Å²) in [5, 5.41) is 0. The molecule has 1 saturated heterocycles. The molecule has 0 saturated carbocycles. The first-order chi connectivity index (χ1) is 24.4. The van der Waals surface area contributed by atoms with Gasteiger partial charge in [-0.3, -0.25) is 14.9 Å². The van der Waals surface area contributed by atoms with Gasteiger partial charge in [-0.2, -0.15) is 0 Å². The molecule has 1 unspecified atom stereocenters. The maximum atomic E-state index is 5.62. The molecule has 0 amide bonds. The summed E-state index contributed by atoms with van der Waals surface area (Å²) in [6, 6.07) is 19.3. The fraction of sp³-hybridized carbons (Fsp3) is 0.366. The molecule has 1 aliphatic heterocycles. The number of ether oxygens (including phenoxy) is 5. The van der Waals surface area contributed by atoms with E-state index in [1.165, 1.54) is 11.3 Å². The van der Waals surface area contributed by atoms with Crippen molar-refractivity contribution in [3.63, 3.8) is 0 Å². The summed E-state index contributed by atoms with van der Waals surface area (Å²) in [5.74, 6) is 4.07. The zero-order valence-electron chi connectivity index (χ0n) is 30.0. The van der Waals surface area contributed by atoms with Crippen LogP contribution in [-0.4, -0.2) is 69.5 Å². The second-order valence-corrected chi connectivity index (χ2v) is 13.0. The molecule has 6 rings (SSSR count). The number of piperidine rings is 1. The van der Waals surface area contributed by atoms with E-state index in [4.69, 9.17) is 28.7 Å². The Morgan fingerprint density at radius 3 is 2.18 bits per heavy atom. The minimum atomic E-state index is 0.365. The van der Waals surface area contributed by atoms with Gasteiger partial charge in [0.1, 0.15) is 5.75 Å². The summed E-state index contributed by atoms with van der Waals surface area (Å²) in [6.07, 6.45) is 13.2. The van der Waals surface area contributed by atoms with E-state index in [1.807, 2.05) is 42.9 Å². The van der Waals surface area contributed by atoms with Crippen LogP contribution in [0.4, 0.5) is 5.69 Å². The molecule has 9 nitrogen and oxygen atoms in total. The molecule has 2 aliphatic rings. The number of methoxy groups -OCH3 is 5. The molecule has 2 aromatic heterocycles. The highest BCUT2D eigenvalue weighted by Gasteiger charge is 2.26. The first-order valence-corrected chi connectivity index (χ1v) is 17.2. The molecule has 4 aromatic rings. The fourth-order valence-corrected chi connectivity index (χ4v) is 7.02. The topological polar surface area (TPSA) is 78.4 Å². The first-order valence-electron chi connectivity index (χ1n) is 17.2. The van der Waals surface area contributed by atoms with Gasteiger partial charge >= 0.3 is 0 Å². The van der Waals surface area contributed by atoms with Gasteiger partial charge in [-0.1, -0.05) is 13.0 Å². The maximum Gasteiger partial charge on any atom is 0.203 e. The van der Waals surface area contributed by atoms with Crippen LogP contribution in [0.1, 0.15) is 43.0 Å². The van der Waals surface area contributed by atoms with Gasteiger partial charge in [0.15, 0.2) is 11.5 Å². The molecule has 3 heterocycles. The third-order valence-electron chi connectivity index (χ3n) is 9.64. The van der Waals surface area contributed by atoms with Crippen molar-refractivity contribution in [2.75, 3.05) is 53.5 Å². The third kappa shape index (κ3) is 8.05. The number of anilines is 1. The number of aromatic nitrogens is 2. The number of pyridine rings is 2. The van der Waals surface area contributed by atoms with Crippen LogP contribution < -0.4 is 23.8 Å². The molecule has 262 valence electrons. The van der Waals surface area contributed by atoms with Crippen LogP contribution in [0, 0.1) is 5.92 Å². The number of nitrogens with zero attached hydrogens (tertiary/aromatic N) is 4. The Balaban J connectivity index is 1.19. The predicted molar refractivity (Wildman–Crippen MR) is 198 cm³/mol. The molecule has 1 aliphatic carbocycles. The molecule has 9 heteroatoms. The van der Waals surface area contributed by atoms with E-state index in [2.05, 4.69) is 64.2 Å². The number of rotatable bonds is 13. The number of likely N-dealkylation sites (tertiary alicyclic amines) is 1. The molecular formula is C41H48N4O5. The molecular weight excluding hydrogens is 628 g/mol. The van der Waals surface area contributed by atoms with Crippen molar-refractivity contribution in [2.45, 2.75) is 45.3 Å². The second-order valence-electron chi connectivity index (χ2n) is 13.0. The molecule has 2 aromatic carbocycles. The Morgan fingerprint density at radius 1 is 0.780 bits per heavy atom. The summed E-state index contributed by atoms with van der Waals surface area (Å²) in [7, 11) is 8.33. The van der Waals surface area contributed by atoms with Gasteiger partial charge in [0.25, 0.3) is 0 Å². The largest absolute Gasteiger partial charge is 0.501 e. The van der Waals surface area contributed by atoms with Gasteiger partial charge in [0, 0.05) is 68.5 Å². The van der Waals surface area contributed by atoms with Gasteiger partial charge < -0.3 is 28.6 Å². The quantitative estimate of drug-likeness (QED) is 0.141. The van der Waals surface area contributed by atoms with Gasteiger partial charge in [-0.25, -0.2) is 0 Å². The van der Waals surface area contributed by atoms with Crippen LogP contribution in [0.15, 0.2) is 91.1 Å². The predicted octanol–water partition coefficient (Wildman–Crippen LogP) is 7.80. The highest BCUT2D eigenvalue weighted by molar-refractivity contribution is 5.74. The first kappa shape index (κ1) is 34.8. The number of benzene rings is 2. The summed E-state index contributed by atoms with van der Waals surface area (Å²) in [6.45, 7) is 5.85. The zero-order valence-corrected chi connectivity index (χ0v) is 30.0. The SMILES string of the molecule is COC1=CC(c2cc(CN3CCC(N(Cc4cncc(-c5cc(OC)c(OC)c(OC)c5)c4)c4ccc(OC)cc4)CC3)ccn2)=CC(C)C1. The van der Waals surface area contributed by atoms with Crippen LogP contribution in [0.3, 0.4) is 0 Å². The Morgan fingerprint density at radius 2 is 1.52 bits per heavy atom. The van der Waals surface area contributed by atoms with E-state index >= 15 is 0 Å². The van der Waals surface area contributed by atoms with E-state index in [-0.39, 0.29) is 0 Å². The van der Waals surface area contributed by atoms with E-state index in [1.54, 1.807) is 35.5 Å². The minimum Gasteiger partial charge on any atom is -0.501 e. The van der Waals surface area contributed by atoms with Gasteiger partial charge in [0.2, 0.25) is 5.75 Å². The second kappa shape index (κ2) is 16.1. The smallest absolute Gasteiger partial charge is 0.203 e. The van der Waals surface area contributed by atoms with Crippen LogP contribution in [0.25, 0.3) is 16.7 Å². The Kier molecular flexibility index (Phi) is 11.2. The minimum absolute atomic E-state index is 0.365. The van der Waals surface area contributed by atoms with Crippen LogP contribution in [0.5, 0.6) is 23.0 Å². The van der Waals surface area contributed by atoms with Crippen molar-refractivity contribution >= 4 is 11.3 Å². The molecule has 0 radical (unpaired) electrons. The van der Waals surface area contributed by atoms with E-state index in [0.717, 1.165) is 84.9 Å². The summed E-state index contributed by atoms with van der Waals surface area (Å²) in [4.78, 5) is 14.4. The molecule has 0 spiro atoms. The van der Waals surface area contributed by atoms with Crippen molar-refractivity contribution in [1.82, 2.24) is 14.9 Å². The summed E-state index contributed by atoms with van der Waals surface area (Å²) >= 11 is 0. The lowest BCUT2D eigenvalue weighted by Gasteiger charge is -2.40. The lowest BCUT2D eigenvalue weighted by atomic mass is 9.94. The highest BCUT2D eigenvalue weighted by Crippen LogP contribution is 2.41. The summed E-state index contributed by atoms with van der Waals surface area (Å²) in [5.41, 5.74) is 7.64. The number of hydrogen-bond donors (Lipinski definition) is 0. The fourth-order valence-electron chi connectivity index (χ4n) is 7.02. The lowest BCUT2D eigenvalue weighted by molar-refractivity contribution is 0.201. The van der Waals surface area contributed by atoms with Crippen molar-refractivity contribution < 1.29 is 23.7 Å². The Hall–Kier alpha value is -5.02. The van der Waals surface area contributed by atoms with Gasteiger partial charge in [-0.05, 0) is 102 Å². The molecule has 0 N–H and O–H groups in total. The van der Waals surface area contributed by atoms with Gasteiger partial charge in [0.05, 0.1) is 47.0 Å². The van der Waals surface area contributed by atoms with Crippen molar-refractivity contribution in [1.29, 1.82) is 0 Å². The van der Waals surface area contributed by atoms with E-state index < -0.39 is 0 Å². The zero-order chi connectivity index (χ0) is 35.0. The normalized spacial score (nSPS) is 16.6. The van der Waals surface area contributed by atoms with Crippen LogP contribution >= 0.6 is 0 Å². The lowest BCUT2D eigenvalue weighted by Crippen LogP contribution is -2.44. The molecule has 1 atom stereocenters. The monoisotopic (exact) mass is 676 g/mol. The average Bonchev–Trinajstić information content (AvgIpc) is 3.16. The Labute approximate surface area is 296 Å². The van der Waals surface area contributed by atoms with Crippen LogP contribution in [-0.2, 0) is 17.8 Å². The maximum absolute atomic E-state index is 5.62. The molecule has 50 heavy (non-hydrogen) atoms. The standard InChI is InChI=1S/C41H48N4O5/c1-28-17-32(21-37(18-28)47-3)38-20-29(11-14-43-38)26-44-15-12-35(13-16-44)45(34-7-9-36(46-2)10-8-34)27-30-19-33(25-42-24-30)31-22-39(48-4)41(50-6)40(23-31)49-5/h7-11,14,17,19-25,28,35H,12-13,15-16,18,26-27H2,1-6H3. The van der Waals surface area contributed by atoms with Crippen molar-refractivity contribution in [3.05, 3.63) is 108 Å². The molecule has 1 fully saturated rings. The average molecular weight is 677 g/mol. The van der Waals surface area contributed by atoms with Gasteiger partial charge in [-0.15, -0.1) is 0 Å². The van der Waals surface area contributed by atoms with E-state index in [0.29, 0.717) is 29.2 Å². The highest BCUT2D eigenvalue weighted by atomic mass is 16.5. The molecule has 0 bridgehead atoms. The number of allylic oxidation sites excluding steroid dienone is 4. The number of hydrogen-bond acceptors (Lipinski definition) is 9. The van der Waals surface area contributed by atoms with Crippen LogP contribution in [0.2, 0.25) is 0 Å². The van der Waals surface area contributed by atoms with Crippen molar-refractivity contribution in [3.8, 4) is 34.1 Å². The van der Waals surface area contributed by atoms with E-state index in [9.17, 15) is 0 Å². The van der Waals surface area contributed by atoms with Crippen molar-refractivity contribution in [2.24, 2.45) is 5.92 Å².